The van der Waals surface area contributed by atoms with Gasteiger partial charge in [0.05, 0.1) is 6.61 Å². The Balaban J connectivity index is 1.60. The van der Waals surface area contributed by atoms with E-state index in [1.807, 2.05) is 13.0 Å². The lowest BCUT2D eigenvalue weighted by Gasteiger charge is -2.24. The van der Waals surface area contributed by atoms with Gasteiger partial charge in [-0.1, -0.05) is 12.1 Å². The molecule has 104 valence electrons. The molecule has 2 fully saturated rings. The summed E-state index contributed by atoms with van der Waals surface area (Å²) in [4.78, 5) is 2.58. The van der Waals surface area contributed by atoms with Crippen molar-refractivity contribution < 1.29 is 4.74 Å². The molecular formula is C16H24N2O. The minimum Gasteiger partial charge on any atom is -0.494 e. The molecule has 0 unspecified atom stereocenters. The number of ether oxygens (including phenoxy) is 1. The summed E-state index contributed by atoms with van der Waals surface area (Å²) < 4.78 is 5.57. The number of rotatable bonds is 4. The van der Waals surface area contributed by atoms with Crippen LogP contribution in [0.2, 0.25) is 0 Å². The van der Waals surface area contributed by atoms with Crippen LogP contribution in [-0.4, -0.2) is 37.2 Å². The van der Waals surface area contributed by atoms with Crippen LogP contribution in [-0.2, 0) is 6.54 Å². The standard InChI is InChI=1S/C16H24N2O/c1-2-19-15-7-3-5-13(9-15)10-18-11-14-6-4-8-17-16(14)12-18/h3,5,7,9,14,16-17H,2,4,6,8,10-12H2,1H3/t14-,16+/m0/s1. The topological polar surface area (TPSA) is 24.5 Å². The molecule has 3 heteroatoms. The number of likely N-dealkylation sites (tertiary alicyclic amines) is 1. The summed E-state index contributed by atoms with van der Waals surface area (Å²) >= 11 is 0. The first-order chi connectivity index (χ1) is 9.35. The summed E-state index contributed by atoms with van der Waals surface area (Å²) in [5.74, 6) is 1.86. The van der Waals surface area contributed by atoms with E-state index in [-0.39, 0.29) is 0 Å². The summed E-state index contributed by atoms with van der Waals surface area (Å²) in [5, 5.41) is 3.66. The third kappa shape index (κ3) is 3.10. The summed E-state index contributed by atoms with van der Waals surface area (Å²) in [6.45, 7) is 7.47. The normalized spacial score (nSPS) is 27.2. The zero-order valence-electron chi connectivity index (χ0n) is 11.8. The Labute approximate surface area is 115 Å². The molecule has 2 saturated heterocycles. The molecule has 2 aliphatic rings. The Morgan fingerprint density at radius 3 is 3.16 bits per heavy atom. The first-order valence-corrected chi connectivity index (χ1v) is 7.52. The van der Waals surface area contributed by atoms with Crippen LogP contribution in [0.1, 0.15) is 25.3 Å². The Morgan fingerprint density at radius 2 is 2.32 bits per heavy atom. The van der Waals surface area contributed by atoms with Gasteiger partial charge in [-0.25, -0.2) is 0 Å². The van der Waals surface area contributed by atoms with Crippen LogP contribution in [0, 0.1) is 5.92 Å². The molecule has 1 aromatic carbocycles. The Morgan fingerprint density at radius 1 is 1.37 bits per heavy atom. The summed E-state index contributed by atoms with van der Waals surface area (Å²) in [7, 11) is 0. The van der Waals surface area contributed by atoms with Crippen molar-refractivity contribution in [2.24, 2.45) is 5.92 Å². The van der Waals surface area contributed by atoms with Gasteiger partial charge in [-0.15, -0.1) is 0 Å². The van der Waals surface area contributed by atoms with Crippen LogP contribution in [0.15, 0.2) is 24.3 Å². The minimum atomic E-state index is 0.726. The van der Waals surface area contributed by atoms with Gasteiger partial charge in [0.15, 0.2) is 0 Å². The lowest BCUT2D eigenvalue weighted by Crippen LogP contribution is -2.40. The van der Waals surface area contributed by atoms with E-state index >= 15 is 0 Å². The second-order valence-electron chi connectivity index (χ2n) is 5.74. The van der Waals surface area contributed by atoms with Gasteiger partial charge < -0.3 is 10.1 Å². The summed E-state index contributed by atoms with van der Waals surface area (Å²) in [5.41, 5.74) is 1.37. The van der Waals surface area contributed by atoms with Crippen LogP contribution in [0.3, 0.4) is 0 Å². The SMILES string of the molecule is CCOc1cccc(CN2C[C@@H]3CCCN[C@@H]3C2)c1. The molecule has 1 aromatic rings. The molecule has 0 spiro atoms. The van der Waals surface area contributed by atoms with Crippen LogP contribution < -0.4 is 10.1 Å². The quantitative estimate of drug-likeness (QED) is 0.899. The van der Waals surface area contributed by atoms with Crippen molar-refractivity contribution >= 4 is 0 Å². The average Bonchev–Trinajstić information content (AvgIpc) is 2.81. The van der Waals surface area contributed by atoms with Crippen molar-refractivity contribution in [2.45, 2.75) is 32.4 Å². The molecule has 2 atom stereocenters. The highest BCUT2D eigenvalue weighted by molar-refractivity contribution is 5.28. The van der Waals surface area contributed by atoms with Gasteiger partial charge in [-0.05, 0) is 49.9 Å². The maximum absolute atomic E-state index is 5.57. The molecule has 0 radical (unpaired) electrons. The third-order valence-corrected chi connectivity index (χ3v) is 4.29. The van der Waals surface area contributed by atoms with Gasteiger partial charge in [0.2, 0.25) is 0 Å². The van der Waals surface area contributed by atoms with Crippen LogP contribution in [0.5, 0.6) is 5.75 Å². The highest BCUT2D eigenvalue weighted by Gasteiger charge is 2.33. The van der Waals surface area contributed by atoms with E-state index in [2.05, 4.69) is 28.4 Å². The number of fused-ring (bicyclic) bond motifs is 1. The third-order valence-electron chi connectivity index (χ3n) is 4.29. The fraction of sp³-hybridized carbons (Fsp3) is 0.625. The molecule has 3 rings (SSSR count). The lowest BCUT2D eigenvalue weighted by molar-refractivity contribution is 0.310. The number of piperidine rings is 1. The molecule has 0 amide bonds. The van der Waals surface area contributed by atoms with Crippen molar-refractivity contribution in [3.8, 4) is 5.75 Å². The molecule has 19 heavy (non-hydrogen) atoms. The molecular weight excluding hydrogens is 236 g/mol. The second kappa shape index (κ2) is 5.93. The van der Waals surface area contributed by atoms with E-state index in [0.29, 0.717) is 0 Å². The smallest absolute Gasteiger partial charge is 0.119 e. The summed E-state index contributed by atoms with van der Waals surface area (Å²) in [6.07, 6.45) is 2.74. The zero-order valence-corrected chi connectivity index (χ0v) is 11.8. The second-order valence-corrected chi connectivity index (χ2v) is 5.74. The molecule has 3 nitrogen and oxygen atoms in total. The predicted octanol–water partition coefficient (Wildman–Crippen LogP) is 2.27. The maximum atomic E-state index is 5.57. The van der Waals surface area contributed by atoms with Crippen molar-refractivity contribution in [1.29, 1.82) is 0 Å². The van der Waals surface area contributed by atoms with E-state index in [0.717, 1.165) is 30.9 Å². The van der Waals surface area contributed by atoms with Crippen molar-refractivity contribution in [3.05, 3.63) is 29.8 Å². The maximum Gasteiger partial charge on any atom is 0.119 e. The van der Waals surface area contributed by atoms with Gasteiger partial charge in [0.1, 0.15) is 5.75 Å². The number of nitrogens with zero attached hydrogens (tertiary/aromatic N) is 1. The lowest BCUT2D eigenvalue weighted by atomic mass is 9.94. The number of hydrogen-bond donors (Lipinski definition) is 1. The van der Waals surface area contributed by atoms with Crippen LogP contribution in [0.4, 0.5) is 0 Å². The van der Waals surface area contributed by atoms with E-state index in [4.69, 9.17) is 4.74 Å². The molecule has 2 heterocycles. The first kappa shape index (κ1) is 12.9. The molecule has 0 saturated carbocycles. The van der Waals surface area contributed by atoms with E-state index in [1.165, 1.54) is 38.0 Å². The van der Waals surface area contributed by atoms with Crippen molar-refractivity contribution in [3.63, 3.8) is 0 Å². The highest BCUT2D eigenvalue weighted by atomic mass is 16.5. The number of benzene rings is 1. The van der Waals surface area contributed by atoms with Crippen molar-refractivity contribution in [1.82, 2.24) is 10.2 Å². The Kier molecular flexibility index (Phi) is 4.04. The molecule has 2 aliphatic heterocycles. The minimum absolute atomic E-state index is 0.726. The van der Waals surface area contributed by atoms with Crippen LogP contribution >= 0.6 is 0 Å². The van der Waals surface area contributed by atoms with Gasteiger partial charge in [0.25, 0.3) is 0 Å². The Bertz CT molecular complexity index is 407. The monoisotopic (exact) mass is 260 g/mol. The van der Waals surface area contributed by atoms with Gasteiger partial charge in [0, 0.05) is 25.7 Å². The fourth-order valence-corrected chi connectivity index (χ4v) is 3.42. The van der Waals surface area contributed by atoms with Gasteiger partial charge >= 0.3 is 0 Å². The van der Waals surface area contributed by atoms with Gasteiger partial charge in [-0.2, -0.15) is 0 Å². The first-order valence-electron chi connectivity index (χ1n) is 7.52. The molecule has 1 N–H and O–H groups in total. The van der Waals surface area contributed by atoms with E-state index in [9.17, 15) is 0 Å². The van der Waals surface area contributed by atoms with E-state index < -0.39 is 0 Å². The fourth-order valence-electron chi connectivity index (χ4n) is 3.42. The number of nitrogens with one attached hydrogen (secondary N) is 1. The largest absolute Gasteiger partial charge is 0.494 e. The van der Waals surface area contributed by atoms with Crippen LogP contribution in [0.25, 0.3) is 0 Å². The molecule has 0 aliphatic carbocycles. The Hall–Kier alpha value is -1.06. The molecule has 0 aromatic heterocycles. The number of hydrogen-bond acceptors (Lipinski definition) is 3. The van der Waals surface area contributed by atoms with E-state index in [1.54, 1.807) is 0 Å². The van der Waals surface area contributed by atoms with Crippen molar-refractivity contribution in [2.75, 3.05) is 26.2 Å². The zero-order chi connectivity index (χ0) is 13.1. The van der Waals surface area contributed by atoms with Gasteiger partial charge in [-0.3, -0.25) is 4.90 Å². The highest BCUT2D eigenvalue weighted by Crippen LogP contribution is 2.26. The molecule has 0 bridgehead atoms. The predicted molar refractivity (Wildman–Crippen MR) is 77.4 cm³/mol. The summed E-state index contributed by atoms with van der Waals surface area (Å²) in [6, 6.07) is 9.25. The average molecular weight is 260 g/mol.